The number of amides is 1. The van der Waals surface area contributed by atoms with Gasteiger partial charge in [-0.15, -0.1) is 0 Å². The minimum Gasteiger partial charge on any atom is -0.480 e. The van der Waals surface area contributed by atoms with Crippen LogP contribution in [-0.2, 0) is 19.4 Å². The van der Waals surface area contributed by atoms with Gasteiger partial charge in [-0.05, 0) is 24.3 Å². The molecule has 0 radical (unpaired) electrons. The zero-order valence-electron chi connectivity index (χ0n) is 12.4. The van der Waals surface area contributed by atoms with E-state index in [2.05, 4.69) is 5.32 Å². The molecule has 8 heteroatoms. The number of nitrogens with one attached hydrogen (secondary N) is 1. The number of ether oxygens (including phenoxy) is 1. The minimum atomic E-state index is -3.33. The lowest BCUT2D eigenvalue weighted by atomic mass is 10.1. The average Bonchev–Trinajstić information content (AvgIpc) is 2.51. The molecule has 0 heterocycles. The second-order valence-electron chi connectivity index (χ2n) is 4.57. The monoisotopic (exact) mass is 329 g/mol. The molecular formula is C14H19NO6S. The molecule has 0 fully saturated rings. The van der Waals surface area contributed by atoms with E-state index in [1.54, 1.807) is 0 Å². The molecule has 0 bridgehead atoms. The second-order valence-corrected chi connectivity index (χ2v) is 6.85. The van der Waals surface area contributed by atoms with Crippen molar-refractivity contribution in [2.45, 2.75) is 24.3 Å². The Morgan fingerprint density at radius 1 is 1.27 bits per heavy atom. The fourth-order valence-electron chi connectivity index (χ4n) is 1.71. The SMILES string of the molecule is CCS(=O)(=O)c1ccc(C(=O)NC(CCOC)C(=O)O)cc1. The summed E-state index contributed by atoms with van der Waals surface area (Å²) in [5, 5.41) is 11.4. The second kappa shape index (κ2) is 7.90. The summed E-state index contributed by atoms with van der Waals surface area (Å²) >= 11 is 0. The molecule has 7 nitrogen and oxygen atoms in total. The Morgan fingerprint density at radius 2 is 1.86 bits per heavy atom. The quantitative estimate of drug-likeness (QED) is 0.726. The predicted octanol–water partition coefficient (Wildman–Crippen LogP) is 0.700. The van der Waals surface area contributed by atoms with E-state index in [0.29, 0.717) is 0 Å². The van der Waals surface area contributed by atoms with Crippen molar-refractivity contribution >= 4 is 21.7 Å². The molecule has 1 unspecified atom stereocenters. The van der Waals surface area contributed by atoms with Crippen LogP contribution in [0.4, 0.5) is 0 Å². The zero-order chi connectivity index (χ0) is 16.8. The van der Waals surface area contributed by atoms with Crippen molar-refractivity contribution in [1.29, 1.82) is 0 Å². The van der Waals surface area contributed by atoms with Crippen molar-refractivity contribution < 1.29 is 27.9 Å². The first-order chi connectivity index (χ1) is 10.3. The van der Waals surface area contributed by atoms with Crippen LogP contribution in [0.15, 0.2) is 29.2 Å². The molecule has 22 heavy (non-hydrogen) atoms. The highest BCUT2D eigenvalue weighted by Gasteiger charge is 2.20. The van der Waals surface area contributed by atoms with Gasteiger partial charge in [-0.25, -0.2) is 13.2 Å². The first-order valence-corrected chi connectivity index (χ1v) is 8.32. The maximum absolute atomic E-state index is 12.0. The first kappa shape index (κ1) is 18.1. The molecule has 0 aliphatic carbocycles. The molecule has 2 N–H and O–H groups in total. The highest BCUT2D eigenvalue weighted by atomic mass is 32.2. The van der Waals surface area contributed by atoms with Gasteiger partial charge < -0.3 is 15.2 Å². The Balaban J connectivity index is 2.83. The number of methoxy groups -OCH3 is 1. The van der Waals surface area contributed by atoms with E-state index in [0.717, 1.165) is 0 Å². The highest BCUT2D eigenvalue weighted by molar-refractivity contribution is 7.91. The lowest BCUT2D eigenvalue weighted by Crippen LogP contribution is -2.41. The normalized spacial score (nSPS) is 12.6. The molecule has 1 rings (SSSR count). The fraction of sp³-hybridized carbons (Fsp3) is 0.429. The minimum absolute atomic E-state index is 0.0311. The summed E-state index contributed by atoms with van der Waals surface area (Å²) in [5.41, 5.74) is 0.193. The molecule has 1 atom stereocenters. The smallest absolute Gasteiger partial charge is 0.326 e. The third-order valence-electron chi connectivity index (χ3n) is 3.07. The van der Waals surface area contributed by atoms with Gasteiger partial charge in [-0.2, -0.15) is 0 Å². The first-order valence-electron chi connectivity index (χ1n) is 6.67. The standard InChI is InChI=1S/C14H19NO6S/c1-3-22(19,20)11-6-4-10(5-7-11)13(16)15-12(14(17)18)8-9-21-2/h4-7,12H,3,8-9H2,1-2H3,(H,15,16)(H,17,18). The van der Waals surface area contributed by atoms with Crippen LogP contribution in [0.2, 0.25) is 0 Å². The number of benzene rings is 1. The summed E-state index contributed by atoms with van der Waals surface area (Å²) in [4.78, 5) is 23.2. The lowest BCUT2D eigenvalue weighted by molar-refractivity contribution is -0.139. The van der Waals surface area contributed by atoms with Crippen LogP contribution in [-0.4, -0.2) is 50.9 Å². The van der Waals surface area contributed by atoms with Crippen molar-refractivity contribution in [2.75, 3.05) is 19.5 Å². The van der Waals surface area contributed by atoms with E-state index < -0.39 is 27.8 Å². The van der Waals surface area contributed by atoms with Crippen LogP contribution < -0.4 is 5.32 Å². The van der Waals surface area contributed by atoms with Crippen molar-refractivity contribution in [1.82, 2.24) is 5.32 Å². The van der Waals surface area contributed by atoms with Crippen molar-refractivity contribution in [3.63, 3.8) is 0 Å². The Morgan fingerprint density at radius 3 is 2.32 bits per heavy atom. The topological polar surface area (TPSA) is 110 Å². The van der Waals surface area contributed by atoms with Crippen LogP contribution in [0.25, 0.3) is 0 Å². The third kappa shape index (κ3) is 4.81. The van der Waals surface area contributed by atoms with Gasteiger partial charge in [0.15, 0.2) is 9.84 Å². The number of carbonyl (C=O) groups excluding carboxylic acids is 1. The molecule has 1 aromatic rings. The summed E-state index contributed by atoms with van der Waals surface area (Å²) in [7, 11) is -1.89. The van der Waals surface area contributed by atoms with Gasteiger partial charge in [0.25, 0.3) is 5.91 Å². The maximum Gasteiger partial charge on any atom is 0.326 e. The Labute approximate surface area is 129 Å². The average molecular weight is 329 g/mol. The number of hydrogen-bond donors (Lipinski definition) is 2. The number of carboxylic acid groups (broad SMARTS) is 1. The zero-order valence-corrected chi connectivity index (χ0v) is 13.2. The van der Waals surface area contributed by atoms with Crippen LogP contribution in [0.3, 0.4) is 0 Å². The number of carboxylic acids is 1. The molecule has 1 amide bonds. The summed E-state index contributed by atoms with van der Waals surface area (Å²) in [6.07, 6.45) is 0.139. The lowest BCUT2D eigenvalue weighted by Gasteiger charge is -2.14. The van der Waals surface area contributed by atoms with Gasteiger partial charge in [-0.1, -0.05) is 6.92 Å². The van der Waals surface area contributed by atoms with Crippen LogP contribution in [0.5, 0.6) is 0 Å². The number of carbonyl (C=O) groups is 2. The Kier molecular flexibility index (Phi) is 6.51. The third-order valence-corrected chi connectivity index (χ3v) is 4.82. The predicted molar refractivity (Wildman–Crippen MR) is 79.6 cm³/mol. The van der Waals surface area contributed by atoms with Crippen LogP contribution in [0, 0.1) is 0 Å². The maximum atomic E-state index is 12.0. The van der Waals surface area contributed by atoms with Crippen molar-refractivity contribution in [3.8, 4) is 0 Å². The van der Waals surface area contributed by atoms with Gasteiger partial charge >= 0.3 is 5.97 Å². The molecule has 1 aromatic carbocycles. The van der Waals surface area contributed by atoms with Gasteiger partial charge in [0, 0.05) is 25.7 Å². The van der Waals surface area contributed by atoms with Gasteiger partial charge in [0.05, 0.1) is 10.6 Å². The number of hydrogen-bond acceptors (Lipinski definition) is 5. The van der Waals surface area contributed by atoms with Crippen molar-refractivity contribution in [3.05, 3.63) is 29.8 Å². The van der Waals surface area contributed by atoms with Crippen LogP contribution >= 0.6 is 0 Å². The Hall–Kier alpha value is -1.93. The molecule has 122 valence electrons. The van der Waals surface area contributed by atoms with Gasteiger partial charge in [0.1, 0.15) is 6.04 Å². The van der Waals surface area contributed by atoms with E-state index in [9.17, 15) is 18.0 Å². The van der Waals surface area contributed by atoms with E-state index >= 15 is 0 Å². The van der Waals surface area contributed by atoms with E-state index in [1.807, 2.05) is 0 Å². The van der Waals surface area contributed by atoms with Crippen molar-refractivity contribution in [2.24, 2.45) is 0 Å². The Bertz CT molecular complexity index is 623. The van der Waals surface area contributed by atoms with Crippen LogP contribution in [0.1, 0.15) is 23.7 Å². The molecule has 0 aromatic heterocycles. The summed E-state index contributed by atoms with van der Waals surface area (Å²) < 4.78 is 28.1. The van der Waals surface area contributed by atoms with Gasteiger partial charge in [-0.3, -0.25) is 4.79 Å². The number of aliphatic carboxylic acids is 1. The highest BCUT2D eigenvalue weighted by Crippen LogP contribution is 2.12. The summed E-state index contributed by atoms with van der Waals surface area (Å²) in [6.45, 7) is 1.73. The summed E-state index contributed by atoms with van der Waals surface area (Å²) in [6, 6.07) is 4.31. The van der Waals surface area contributed by atoms with Gasteiger partial charge in [0.2, 0.25) is 0 Å². The van der Waals surface area contributed by atoms with E-state index in [1.165, 1.54) is 38.3 Å². The molecule has 0 saturated heterocycles. The number of rotatable bonds is 8. The van der Waals surface area contributed by atoms with E-state index in [-0.39, 0.29) is 29.2 Å². The molecule has 0 saturated carbocycles. The molecular weight excluding hydrogens is 310 g/mol. The number of sulfone groups is 1. The fourth-order valence-corrected chi connectivity index (χ4v) is 2.60. The van der Waals surface area contributed by atoms with E-state index in [4.69, 9.17) is 9.84 Å². The molecule has 0 aliphatic rings. The molecule has 0 aliphatic heterocycles. The largest absolute Gasteiger partial charge is 0.480 e. The summed E-state index contributed by atoms with van der Waals surface area (Å²) in [5.74, 6) is -1.77. The molecule has 0 spiro atoms.